The van der Waals surface area contributed by atoms with Gasteiger partial charge in [0, 0.05) is 0 Å². The number of rotatable bonds is 9. The van der Waals surface area contributed by atoms with Crippen molar-refractivity contribution in [2.45, 2.75) is 52.7 Å². The number of hydrogen-bond donors (Lipinski definition) is 0. The van der Waals surface area contributed by atoms with Crippen LogP contribution < -0.4 is 9.47 Å². The highest BCUT2D eigenvalue weighted by molar-refractivity contribution is 5.80. The van der Waals surface area contributed by atoms with Crippen molar-refractivity contribution >= 4 is 5.78 Å². The fraction of sp³-hybridized carbons (Fsp3) is 0.381. The second-order valence-corrected chi connectivity index (χ2v) is 5.99. The molecule has 0 aliphatic heterocycles. The Morgan fingerprint density at radius 2 is 1.83 bits per heavy atom. The van der Waals surface area contributed by atoms with Crippen LogP contribution in [0.15, 0.2) is 48.5 Å². The van der Waals surface area contributed by atoms with Gasteiger partial charge in [0.2, 0.25) is 0 Å². The summed E-state index contributed by atoms with van der Waals surface area (Å²) in [5.74, 6) is 1.40. The monoisotopic (exact) mass is 326 g/mol. The normalized spacial score (nSPS) is 11.8. The number of benzene rings is 2. The summed E-state index contributed by atoms with van der Waals surface area (Å²) in [7, 11) is 0. The number of hydrogen-bond acceptors (Lipinski definition) is 3. The van der Waals surface area contributed by atoms with E-state index >= 15 is 0 Å². The van der Waals surface area contributed by atoms with Crippen molar-refractivity contribution in [2.75, 3.05) is 0 Å². The number of ether oxygens (including phenoxy) is 2. The molecule has 0 heterocycles. The van der Waals surface area contributed by atoms with Crippen LogP contribution in [0.2, 0.25) is 0 Å². The Kier molecular flexibility index (Phi) is 6.86. The predicted octanol–water partition coefficient (Wildman–Crippen LogP) is 4.96. The summed E-state index contributed by atoms with van der Waals surface area (Å²) in [4.78, 5) is 11.6. The lowest BCUT2D eigenvalue weighted by molar-refractivity contribution is -0.122. The SMILES string of the molecule is CCCCc1cccc(OCc2ccccc2)c1O[C@H](C)C(C)=O. The van der Waals surface area contributed by atoms with Crippen LogP contribution in [0.3, 0.4) is 0 Å². The molecule has 0 unspecified atom stereocenters. The summed E-state index contributed by atoms with van der Waals surface area (Å²) in [6, 6.07) is 16.0. The van der Waals surface area contributed by atoms with Gasteiger partial charge in [0.15, 0.2) is 23.4 Å². The van der Waals surface area contributed by atoms with Crippen molar-refractivity contribution in [1.82, 2.24) is 0 Å². The van der Waals surface area contributed by atoms with Crippen molar-refractivity contribution < 1.29 is 14.3 Å². The van der Waals surface area contributed by atoms with Crippen LogP contribution in [0.25, 0.3) is 0 Å². The molecule has 0 saturated carbocycles. The molecule has 2 aromatic carbocycles. The molecular weight excluding hydrogens is 300 g/mol. The standard InChI is InChI=1S/C21H26O3/c1-4-5-12-19-13-9-14-20(21(19)24-17(3)16(2)22)23-15-18-10-7-6-8-11-18/h6-11,13-14,17H,4-5,12,15H2,1-3H3/t17-/m1/s1. The van der Waals surface area contributed by atoms with Crippen molar-refractivity contribution in [3.05, 3.63) is 59.7 Å². The van der Waals surface area contributed by atoms with Gasteiger partial charge in [0.1, 0.15) is 6.61 Å². The molecule has 128 valence electrons. The Balaban J connectivity index is 2.22. The molecule has 0 radical (unpaired) electrons. The van der Waals surface area contributed by atoms with Crippen molar-refractivity contribution in [1.29, 1.82) is 0 Å². The molecule has 24 heavy (non-hydrogen) atoms. The molecule has 0 bridgehead atoms. The van der Waals surface area contributed by atoms with E-state index in [1.54, 1.807) is 13.8 Å². The number of unbranched alkanes of at least 4 members (excludes halogenated alkanes) is 1. The minimum absolute atomic E-state index is 0.00861. The predicted molar refractivity (Wildman–Crippen MR) is 96.6 cm³/mol. The van der Waals surface area contributed by atoms with E-state index in [9.17, 15) is 4.79 Å². The highest BCUT2D eigenvalue weighted by Gasteiger charge is 2.17. The van der Waals surface area contributed by atoms with E-state index in [2.05, 4.69) is 6.92 Å². The average Bonchev–Trinajstić information content (AvgIpc) is 2.60. The Labute approximate surface area is 144 Å². The van der Waals surface area contributed by atoms with Crippen LogP contribution in [-0.4, -0.2) is 11.9 Å². The number of Topliss-reactive ketones (excluding diaryl/α,β-unsaturated/α-hetero) is 1. The Hall–Kier alpha value is -2.29. The van der Waals surface area contributed by atoms with Gasteiger partial charge in [-0.1, -0.05) is 55.8 Å². The highest BCUT2D eigenvalue weighted by atomic mass is 16.5. The fourth-order valence-corrected chi connectivity index (χ4v) is 2.37. The molecule has 1 atom stereocenters. The van der Waals surface area contributed by atoms with Crippen LogP contribution in [0, 0.1) is 0 Å². The molecular formula is C21H26O3. The van der Waals surface area contributed by atoms with Crippen LogP contribution in [-0.2, 0) is 17.8 Å². The van der Waals surface area contributed by atoms with E-state index in [4.69, 9.17) is 9.47 Å². The Bertz CT molecular complexity index is 649. The van der Waals surface area contributed by atoms with Crippen LogP contribution >= 0.6 is 0 Å². The second-order valence-electron chi connectivity index (χ2n) is 5.99. The molecule has 0 spiro atoms. The lowest BCUT2D eigenvalue weighted by Gasteiger charge is -2.19. The Morgan fingerprint density at radius 1 is 1.08 bits per heavy atom. The second kappa shape index (κ2) is 9.11. The van der Waals surface area contributed by atoms with E-state index in [-0.39, 0.29) is 5.78 Å². The van der Waals surface area contributed by atoms with Crippen LogP contribution in [0.4, 0.5) is 0 Å². The smallest absolute Gasteiger partial charge is 0.169 e. The molecule has 0 amide bonds. The Morgan fingerprint density at radius 3 is 2.50 bits per heavy atom. The third-order valence-electron chi connectivity index (χ3n) is 3.96. The quantitative estimate of drug-likeness (QED) is 0.653. The first kappa shape index (κ1) is 18.1. The third kappa shape index (κ3) is 5.12. The van der Waals surface area contributed by atoms with Crippen molar-refractivity contribution in [2.24, 2.45) is 0 Å². The molecule has 0 aliphatic rings. The molecule has 0 saturated heterocycles. The number of para-hydroxylation sites is 1. The minimum Gasteiger partial charge on any atom is -0.485 e. The maximum Gasteiger partial charge on any atom is 0.169 e. The zero-order valence-corrected chi connectivity index (χ0v) is 14.7. The lowest BCUT2D eigenvalue weighted by atomic mass is 10.1. The molecule has 0 aliphatic carbocycles. The molecule has 3 nitrogen and oxygen atoms in total. The average molecular weight is 326 g/mol. The zero-order chi connectivity index (χ0) is 17.4. The van der Waals surface area contributed by atoms with E-state index < -0.39 is 6.10 Å². The maximum atomic E-state index is 11.6. The summed E-state index contributed by atoms with van der Waals surface area (Å²) in [5.41, 5.74) is 2.19. The maximum absolute atomic E-state index is 11.6. The first-order valence-electron chi connectivity index (χ1n) is 8.57. The van der Waals surface area contributed by atoms with Gasteiger partial charge in [-0.3, -0.25) is 4.79 Å². The molecule has 2 rings (SSSR count). The first-order chi connectivity index (χ1) is 11.6. The lowest BCUT2D eigenvalue weighted by Crippen LogP contribution is -2.21. The van der Waals surface area contributed by atoms with Gasteiger partial charge in [-0.2, -0.15) is 0 Å². The van der Waals surface area contributed by atoms with Crippen LogP contribution in [0.1, 0.15) is 44.7 Å². The van der Waals surface area contributed by atoms with E-state index in [1.807, 2.05) is 48.5 Å². The topological polar surface area (TPSA) is 35.5 Å². The number of carbonyl (C=O) groups is 1. The third-order valence-corrected chi connectivity index (χ3v) is 3.96. The van der Waals surface area contributed by atoms with E-state index in [1.165, 1.54) is 0 Å². The molecule has 0 N–H and O–H groups in total. The van der Waals surface area contributed by atoms with Crippen molar-refractivity contribution in [3.8, 4) is 11.5 Å². The van der Waals surface area contributed by atoms with Gasteiger partial charge in [0.05, 0.1) is 0 Å². The van der Waals surface area contributed by atoms with Gasteiger partial charge in [0.25, 0.3) is 0 Å². The van der Waals surface area contributed by atoms with E-state index in [0.717, 1.165) is 30.4 Å². The number of ketones is 1. The number of carbonyl (C=O) groups excluding carboxylic acids is 1. The summed E-state index contributed by atoms with van der Waals surface area (Å²) in [6.07, 6.45) is 2.62. The van der Waals surface area contributed by atoms with Gasteiger partial charge in [-0.05, 0) is 43.9 Å². The number of aryl methyl sites for hydroxylation is 1. The summed E-state index contributed by atoms with van der Waals surface area (Å²) in [6.45, 7) is 5.96. The van der Waals surface area contributed by atoms with Crippen molar-refractivity contribution in [3.63, 3.8) is 0 Å². The van der Waals surface area contributed by atoms with Gasteiger partial charge < -0.3 is 9.47 Å². The minimum atomic E-state index is -0.480. The molecule has 0 aromatic heterocycles. The highest BCUT2D eigenvalue weighted by Crippen LogP contribution is 2.34. The molecule has 3 heteroatoms. The first-order valence-corrected chi connectivity index (χ1v) is 8.57. The largest absolute Gasteiger partial charge is 0.485 e. The van der Waals surface area contributed by atoms with Gasteiger partial charge >= 0.3 is 0 Å². The summed E-state index contributed by atoms with van der Waals surface area (Å²) in [5, 5.41) is 0. The fourth-order valence-electron chi connectivity index (χ4n) is 2.37. The van der Waals surface area contributed by atoms with Gasteiger partial charge in [-0.25, -0.2) is 0 Å². The van der Waals surface area contributed by atoms with E-state index in [0.29, 0.717) is 18.1 Å². The molecule has 2 aromatic rings. The molecule has 0 fully saturated rings. The van der Waals surface area contributed by atoms with Gasteiger partial charge in [-0.15, -0.1) is 0 Å². The summed E-state index contributed by atoms with van der Waals surface area (Å²) >= 11 is 0. The van der Waals surface area contributed by atoms with Crippen LogP contribution in [0.5, 0.6) is 11.5 Å². The zero-order valence-electron chi connectivity index (χ0n) is 14.7. The summed E-state index contributed by atoms with van der Waals surface area (Å²) < 4.78 is 11.9.